The molecule has 0 atom stereocenters. The van der Waals surface area contributed by atoms with Gasteiger partial charge in [0.15, 0.2) is 5.69 Å². The van der Waals surface area contributed by atoms with Crippen molar-refractivity contribution >= 4 is 39.1 Å². The number of amides is 2. The maximum atomic E-state index is 13.6. The maximum Gasteiger partial charge on any atom is 0.277 e. The lowest BCUT2D eigenvalue weighted by Gasteiger charge is -2.28. The van der Waals surface area contributed by atoms with Crippen LogP contribution in [0.2, 0.25) is 0 Å². The summed E-state index contributed by atoms with van der Waals surface area (Å²) in [6.45, 7) is 1.36. The minimum absolute atomic E-state index is 0.137. The van der Waals surface area contributed by atoms with E-state index in [-0.39, 0.29) is 11.6 Å². The SMILES string of the molecule is COc1ccc(-n2nc(C(N)=O)c3c2C(=O)N(c2ccc(NCCCCCBr)cc2)CC3)cc1. The van der Waals surface area contributed by atoms with E-state index >= 15 is 0 Å². The first-order valence-electron chi connectivity index (χ1n) is 11.3. The van der Waals surface area contributed by atoms with Crippen LogP contribution >= 0.6 is 15.9 Å². The molecule has 1 aromatic heterocycles. The number of hydrogen-bond acceptors (Lipinski definition) is 5. The molecule has 9 heteroatoms. The molecule has 2 heterocycles. The summed E-state index contributed by atoms with van der Waals surface area (Å²) in [6.07, 6.45) is 3.95. The van der Waals surface area contributed by atoms with E-state index in [1.807, 2.05) is 24.3 Å². The van der Waals surface area contributed by atoms with Crippen LogP contribution in [0.5, 0.6) is 5.75 Å². The number of nitrogens with two attached hydrogens (primary N) is 1. The number of carbonyl (C=O) groups is 2. The lowest BCUT2D eigenvalue weighted by Crippen LogP contribution is -2.39. The van der Waals surface area contributed by atoms with Gasteiger partial charge in [-0.1, -0.05) is 22.4 Å². The van der Waals surface area contributed by atoms with Gasteiger partial charge in [0.1, 0.15) is 11.4 Å². The van der Waals surface area contributed by atoms with Crippen molar-refractivity contribution in [2.45, 2.75) is 25.7 Å². The highest BCUT2D eigenvalue weighted by Crippen LogP contribution is 2.30. The molecule has 1 aliphatic rings. The van der Waals surface area contributed by atoms with Crippen LogP contribution in [-0.2, 0) is 6.42 Å². The Hall–Kier alpha value is -3.33. The monoisotopic (exact) mass is 525 g/mol. The van der Waals surface area contributed by atoms with Crippen molar-refractivity contribution in [2.75, 3.05) is 35.7 Å². The van der Waals surface area contributed by atoms with Gasteiger partial charge in [-0.15, -0.1) is 0 Å². The van der Waals surface area contributed by atoms with Gasteiger partial charge in [-0.3, -0.25) is 9.59 Å². The minimum atomic E-state index is -0.642. The van der Waals surface area contributed by atoms with Gasteiger partial charge in [-0.2, -0.15) is 5.10 Å². The molecule has 0 spiro atoms. The molecule has 2 amide bonds. The highest BCUT2D eigenvalue weighted by Gasteiger charge is 2.34. The molecule has 178 valence electrons. The number of ether oxygens (including phenoxy) is 1. The van der Waals surface area contributed by atoms with Crippen LogP contribution in [0.15, 0.2) is 48.5 Å². The number of benzene rings is 2. The van der Waals surface area contributed by atoms with Crippen LogP contribution in [0, 0.1) is 0 Å². The number of rotatable bonds is 10. The summed E-state index contributed by atoms with van der Waals surface area (Å²) in [5.74, 6) is -0.173. The number of alkyl halides is 1. The van der Waals surface area contributed by atoms with E-state index in [0.717, 1.165) is 29.7 Å². The summed E-state index contributed by atoms with van der Waals surface area (Å²) in [4.78, 5) is 27.4. The normalized spacial score (nSPS) is 13.0. The van der Waals surface area contributed by atoms with E-state index in [4.69, 9.17) is 10.5 Å². The van der Waals surface area contributed by atoms with Crippen molar-refractivity contribution in [3.05, 3.63) is 65.5 Å². The molecule has 0 radical (unpaired) electrons. The van der Waals surface area contributed by atoms with E-state index in [0.29, 0.717) is 35.7 Å². The van der Waals surface area contributed by atoms with Crippen LogP contribution in [0.3, 0.4) is 0 Å². The third kappa shape index (κ3) is 4.94. The number of halogens is 1. The Morgan fingerprint density at radius 3 is 2.44 bits per heavy atom. The molecule has 34 heavy (non-hydrogen) atoms. The fourth-order valence-electron chi connectivity index (χ4n) is 4.10. The smallest absolute Gasteiger partial charge is 0.277 e. The minimum Gasteiger partial charge on any atom is -0.497 e. The Kier molecular flexibility index (Phi) is 7.52. The molecule has 3 N–H and O–H groups in total. The van der Waals surface area contributed by atoms with E-state index in [2.05, 4.69) is 26.3 Å². The molecule has 2 aromatic carbocycles. The molecule has 0 saturated carbocycles. The number of carbonyl (C=O) groups excluding carboxylic acids is 2. The van der Waals surface area contributed by atoms with Gasteiger partial charge in [0.05, 0.1) is 12.8 Å². The number of unbranched alkanes of at least 4 members (excludes halogenated alkanes) is 2. The summed E-state index contributed by atoms with van der Waals surface area (Å²) in [5, 5.41) is 8.86. The van der Waals surface area contributed by atoms with Crippen LogP contribution < -0.4 is 20.7 Å². The summed E-state index contributed by atoms with van der Waals surface area (Å²) in [6, 6.07) is 15.0. The van der Waals surface area contributed by atoms with Crippen molar-refractivity contribution in [1.29, 1.82) is 0 Å². The Morgan fingerprint density at radius 1 is 1.09 bits per heavy atom. The fraction of sp³-hybridized carbons (Fsp3) is 0.320. The number of primary amides is 1. The number of methoxy groups -OCH3 is 1. The average Bonchev–Trinajstić information content (AvgIpc) is 3.26. The average molecular weight is 526 g/mol. The van der Waals surface area contributed by atoms with E-state index < -0.39 is 5.91 Å². The Bertz CT molecular complexity index is 1160. The second kappa shape index (κ2) is 10.7. The van der Waals surface area contributed by atoms with E-state index in [9.17, 15) is 9.59 Å². The zero-order valence-corrected chi connectivity index (χ0v) is 20.7. The zero-order valence-electron chi connectivity index (χ0n) is 19.1. The number of hydrogen-bond donors (Lipinski definition) is 2. The summed E-state index contributed by atoms with van der Waals surface area (Å²) >= 11 is 3.45. The van der Waals surface area contributed by atoms with Gasteiger partial charge in [-0.05, 0) is 67.8 Å². The van der Waals surface area contributed by atoms with Gasteiger partial charge in [0.2, 0.25) is 0 Å². The predicted molar refractivity (Wildman–Crippen MR) is 137 cm³/mol. The van der Waals surface area contributed by atoms with Crippen molar-refractivity contribution in [3.63, 3.8) is 0 Å². The highest BCUT2D eigenvalue weighted by molar-refractivity contribution is 9.09. The third-order valence-electron chi connectivity index (χ3n) is 5.89. The quantitative estimate of drug-likeness (QED) is 0.305. The lowest BCUT2D eigenvalue weighted by atomic mass is 10.0. The first kappa shape index (κ1) is 23.8. The van der Waals surface area contributed by atoms with Crippen LogP contribution in [0.4, 0.5) is 11.4 Å². The summed E-state index contributed by atoms with van der Waals surface area (Å²) < 4.78 is 6.73. The molecular weight excluding hydrogens is 498 g/mol. The molecule has 0 unspecified atom stereocenters. The maximum absolute atomic E-state index is 13.6. The molecule has 8 nitrogen and oxygen atoms in total. The fourth-order valence-corrected chi connectivity index (χ4v) is 4.50. The first-order valence-corrected chi connectivity index (χ1v) is 12.4. The van der Waals surface area contributed by atoms with Crippen LogP contribution in [0.1, 0.15) is 45.8 Å². The first-order chi connectivity index (χ1) is 16.5. The van der Waals surface area contributed by atoms with Gasteiger partial charge < -0.3 is 20.7 Å². The number of nitrogens with zero attached hydrogens (tertiary/aromatic N) is 3. The van der Waals surface area contributed by atoms with E-state index in [1.165, 1.54) is 17.5 Å². The second-order valence-corrected chi connectivity index (χ2v) is 8.87. The van der Waals surface area contributed by atoms with E-state index in [1.54, 1.807) is 36.3 Å². The molecule has 4 rings (SSSR count). The molecule has 0 aliphatic carbocycles. The van der Waals surface area contributed by atoms with Crippen molar-refractivity contribution in [1.82, 2.24) is 9.78 Å². The van der Waals surface area contributed by atoms with Gasteiger partial charge in [-0.25, -0.2) is 4.68 Å². The molecule has 1 aliphatic heterocycles. The van der Waals surface area contributed by atoms with Crippen LogP contribution in [0.25, 0.3) is 5.69 Å². The van der Waals surface area contributed by atoms with Crippen LogP contribution in [-0.4, -0.2) is 47.1 Å². The Morgan fingerprint density at radius 2 is 1.79 bits per heavy atom. The standard InChI is InChI=1S/C25H28BrN5O3/c1-34-20-11-9-19(10-12-20)31-23-21(22(29-31)24(27)32)13-16-30(25(23)33)18-7-5-17(6-8-18)28-15-4-2-3-14-26/h5-12,28H,2-4,13-16H2,1H3,(H2,27,32). The predicted octanol–water partition coefficient (Wildman–Crippen LogP) is 4.16. The Labute approximate surface area is 207 Å². The number of nitrogens with one attached hydrogen (secondary N) is 1. The third-order valence-corrected chi connectivity index (χ3v) is 6.45. The summed E-state index contributed by atoms with van der Waals surface area (Å²) in [5.41, 5.74) is 9.13. The molecule has 0 saturated heterocycles. The lowest BCUT2D eigenvalue weighted by molar-refractivity contribution is 0.0972. The number of fused-ring (bicyclic) bond motifs is 1. The molecule has 0 bridgehead atoms. The summed E-state index contributed by atoms with van der Waals surface area (Å²) in [7, 11) is 1.59. The second-order valence-electron chi connectivity index (χ2n) is 8.08. The van der Waals surface area contributed by atoms with Gasteiger partial charge in [0.25, 0.3) is 11.8 Å². The zero-order chi connectivity index (χ0) is 24.1. The topological polar surface area (TPSA) is 102 Å². The van der Waals surface area contributed by atoms with Crippen molar-refractivity contribution in [3.8, 4) is 11.4 Å². The highest BCUT2D eigenvalue weighted by atomic mass is 79.9. The van der Waals surface area contributed by atoms with Crippen molar-refractivity contribution < 1.29 is 14.3 Å². The largest absolute Gasteiger partial charge is 0.497 e. The Balaban J connectivity index is 1.58. The van der Waals surface area contributed by atoms with Gasteiger partial charge in [0, 0.05) is 35.4 Å². The molecular formula is C25H28BrN5O3. The molecule has 3 aromatic rings. The van der Waals surface area contributed by atoms with Crippen molar-refractivity contribution in [2.24, 2.45) is 5.73 Å². The number of anilines is 2. The van der Waals surface area contributed by atoms with Gasteiger partial charge >= 0.3 is 0 Å². The molecule has 0 fully saturated rings. The number of aromatic nitrogens is 2.